The number of carbonyl (C=O) groups excluding carboxylic acids is 1. The van der Waals surface area contributed by atoms with Gasteiger partial charge < -0.3 is 14.8 Å². The van der Waals surface area contributed by atoms with Crippen LogP contribution in [-0.2, 0) is 11.8 Å². The third kappa shape index (κ3) is 3.78. The lowest BCUT2D eigenvalue weighted by Gasteiger charge is -2.33. The summed E-state index contributed by atoms with van der Waals surface area (Å²) in [6.45, 7) is 6.38. The standard InChI is InChI=1S/C22H27N5O/c1-15(2)27-8-6-16(7-9-27)22(28)25-21-11-19-10-17(4-5-18(19)12-24-21)20-13-23-14-26(20)3/h4-5,10-16H,6-9H2,1-3H3,(H,24,25,28). The second-order valence-electron chi connectivity index (χ2n) is 7.91. The van der Waals surface area contributed by atoms with Gasteiger partial charge in [0.2, 0.25) is 5.91 Å². The van der Waals surface area contributed by atoms with Crippen molar-refractivity contribution in [2.45, 2.75) is 32.7 Å². The number of pyridine rings is 1. The van der Waals surface area contributed by atoms with Gasteiger partial charge in [-0.3, -0.25) is 4.79 Å². The van der Waals surface area contributed by atoms with E-state index in [1.165, 1.54) is 0 Å². The molecule has 1 aliphatic rings. The van der Waals surface area contributed by atoms with E-state index in [4.69, 9.17) is 0 Å². The molecule has 0 spiro atoms. The maximum Gasteiger partial charge on any atom is 0.228 e. The highest BCUT2D eigenvalue weighted by molar-refractivity contribution is 5.95. The molecule has 1 amide bonds. The van der Waals surface area contributed by atoms with Crippen molar-refractivity contribution in [3.05, 3.63) is 43.0 Å². The molecule has 0 unspecified atom stereocenters. The monoisotopic (exact) mass is 377 g/mol. The second-order valence-corrected chi connectivity index (χ2v) is 7.91. The number of fused-ring (bicyclic) bond motifs is 1. The average Bonchev–Trinajstić information content (AvgIpc) is 3.13. The van der Waals surface area contributed by atoms with Gasteiger partial charge in [-0.15, -0.1) is 0 Å². The van der Waals surface area contributed by atoms with Crippen molar-refractivity contribution in [3.63, 3.8) is 0 Å². The fraction of sp³-hybridized carbons (Fsp3) is 0.409. The van der Waals surface area contributed by atoms with Gasteiger partial charge in [-0.2, -0.15) is 0 Å². The molecule has 1 N–H and O–H groups in total. The second kappa shape index (κ2) is 7.72. The summed E-state index contributed by atoms with van der Waals surface area (Å²) >= 11 is 0. The van der Waals surface area contributed by atoms with Crippen LogP contribution >= 0.6 is 0 Å². The van der Waals surface area contributed by atoms with Crippen LogP contribution in [0.4, 0.5) is 5.82 Å². The molecule has 1 fully saturated rings. The van der Waals surface area contributed by atoms with E-state index in [-0.39, 0.29) is 11.8 Å². The zero-order chi connectivity index (χ0) is 19.7. The highest BCUT2D eigenvalue weighted by Gasteiger charge is 2.26. The van der Waals surface area contributed by atoms with Crippen molar-refractivity contribution in [2.75, 3.05) is 18.4 Å². The highest BCUT2D eigenvalue weighted by Crippen LogP contribution is 2.26. The lowest BCUT2D eigenvalue weighted by molar-refractivity contribution is -0.121. The zero-order valence-electron chi connectivity index (χ0n) is 16.7. The molecule has 0 saturated carbocycles. The van der Waals surface area contributed by atoms with Crippen LogP contribution < -0.4 is 5.32 Å². The lowest BCUT2D eigenvalue weighted by atomic mass is 9.95. The maximum atomic E-state index is 12.7. The van der Waals surface area contributed by atoms with Crippen LogP contribution in [0, 0.1) is 5.92 Å². The average molecular weight is 377 g/mol. The summed E-state index contributed by atoms with van der Waals surface area (Å²) < 4.78 is 1.99. The number of amides is 1. The van der Waals surface area contributed by atoms with Gasteiger partial charge in [0.05, 0.1) is 18.2 Å². The smallest absolute Gasteiger partial charge is 0.228 e. The van der Waals surface area contributed by atoms with Crippen LogP contribution in [0.15, 0.2) is 43.0 Å². The van der Waals surface area contributed by atoms with Gasteiger partial charge in [0.15, 0.2) is 0 Å². The summed E-state index contributed by atoms with van der Waals surface area (Å²) in [6, 6.07) is 8.74. The van der Waals surface area contributed by atoms with E-state index in [0.29, 0.717) is 11.9 Å². The molecule has 6 heteroatoms. The van der Waals surface area contributed by atoms with E-state index in [1.54, 1.807) is 6.33 Å². The van der Waals surface area contributed by atoms with Crippen LogP contribution in [0.1, 0.15) is 26.7 Å². The van der Waals surface area contributed by atoms with Crippen molar-refractivity contribution >= 4 is 22.5 Å². The van der Waals surface area contributed by atoms with E-state index >= 15 is 0 Å². The predicted octanol–water partition coefficient (Wildman–Crippen LogP) is 3.69. The first-order valence-electron chi connectivity index (χ1n) is 9.92. The number of benzene rings is 1. The summed E-state index contributed by atoms with van der Waals surface area (Å²) in [4.78, 5) is 23.8. The molecule has 3 heterocycles. The Hall–Kier alpha value is -2.73. The molecule has 0 aliphatic carbocycles. The van der Waals surface area contributed by atoms with Crippen molar-refractivity contribution in [2.24, 2.45) is 13.0 Å². The van der Waals surface area contributed by atoms with Crippen LogP contribution in [0.5, 0.6) is 0 Å². The Kier molecular flexibility index (Phi) is 5.13. The number of carbonyl (C=O) groups is 1. The van der Waals surface area contributed by atoms with Crippen LogP contribution in [-0.4, -0.2) is 44.5 Å². The molecule has 4 rings (SSSR count). The first kappa shape index (κ1) is 18.6. The van der Waals surface area contributed by atoms with Gasteiger partial charge in [0, 0.05) is 36.2 Å². The van der Waals surface area contributed by atoms with Gasteiger partial charge in [-0.1, -0.05) is 12.1 Å². The summed E-state index contributed by atoms with van der Waals surface area (Å²) in [5.41, 5.74) is 2.15. The SMILES string of the molecule is CC(C)N1CCC(C(=O)Nc2cc3cc(-c4cncn4C)ccc3cn2)CC1. The number of imidazole rings is 1. The van der Waals surface area contributed by atoms with Gasteiger partial charge in [-0.25, -0.2) is 9.97 Å². The Bertz CT molecular complexity index is 986. The molecule has 0 radical (unpaired) electrons. The Morgan fingerprint density at radius 1 is 1.14 bits per heavy atom. The van der Waals surface area contributed by atoms with Crippen molar-refractivity contribution < 1.29 is 4.79 Å². The van der Waals surface area contributed by atoms with E-state index in [9.17, 15) is 4.79 Å². The van der Waals surface area contributed by atoms with Gasteiger partial charge in [-0.05, 0) is 57.3 Å². The number of aromatic nitrogens is 3. The van der Waals surface area contributed by atoms with Crippen LogP contribution in [0.3, 0.4) is 0 Å². The van der Waals surface area contributed by atoms with Crippen LogP contribution in [0.25, 0.3) is 22.0 Å². The van der Waals surface area contributed by atoms with Gasteiger partial charge in [0.1, 0.15) is 5.82 Å². The van der Waals surface area contributed by atoms with E-state index in [0.717, 1.165) is 48.0 Å². The minimum atomic E-state index is 0.0632. The topological polar surface area (TPSA) is 63.1 Å². The third-order valence-corrected chi connectivity index (χ3v) is 5.72. The molecular weight excluding hydrogens is 350 g/mol. The fourth-order valence-corrected chi connectivity index (χ4v) is 3.91. The van der Waals surface area contributed by atoms with Gasteiger partial charge in [0.25, 0.3) is 0 Å². The Balaban J connectivity index is 1.50. The number of likely N-dealkylation sites (tertiary alicyclic amines) is 1. The number of anilines is 1. The summed E-state index contributed by atoms with van der Waals surface area (Å²) in [5.74, 6) is 0.761. The number of nitrogens with one attached hydrogen (secondary N) is 1. The number of hydrogen-bond donors (Lipinski definition) is 1. The van der Waals surface area contributed by atoms with E-state index in [2.05, 4.69) is 52.2 Å². The number of piperidine rings is 1. The molecule has 28 heavy (non-hydrogen) atoms. The molecule has 0 atom stereocenters. The number of hydrogen-bond acceptors (Lipinski definition) is 4. The lowest BCUT2D eigenvalue weighted by Crippen LogP contribution is -2.41. The Morgan fingerprint density at radius 2 is 1.93 bits per heavy atom. The summed E-state index contributed by atoms with van der Waals surface area (Å²) in [5, 5.41) is 5.13. The number of nitrogens with zero attached hydrogens (tertiary/aromatic N) is 4. The molecule has 1 saturated heterocycles. The molecule has 6 nitrogen and oxygen atoms in total. The first-order valence-corrected chi connectivity index (χ1v) is 9.92. The Labute approximate surface area is 165 Å². The minimum absolute atomic E-state index is 0.0632. The van der Waals surface area contributed by atoms with Crippen molar-refractivity contribution in [3.8, 4) is 11.3 Å². The van der Waals surface area contributed by atoms with Gasteiger partial charge >= 0.3 is 0 Å². The normalized spacial score (nSPS) is 16.0. The zero-order valence-corrected chi connectivity index (χ0v) is 16.7. The molecule has 0 bridgehead atoms. The number of aryl methyl sites for hydroxylation is 1. The minimum Gasteiger partial charge on any atom is -0.334 e. The molecule has 1 aromatic carbocycles. The highest BCUT2D eigenvalue weighted by atomic mass is 16.1. The molecule has 1 aliphatic heterocycles. The van der Waals surface area contributed by atoms with Crippen molar-refractivity contribution in [1.29, 1.82) is 0 Å². The van der Waals surface area contributed by atoms with Crippen LogP contribution in [0.2, 0.25) is 0 Å². The predicted molar refractivity (Wildman–Crippen MR) is 112 cm³/mol. The molecule has 2 aromatic heterocycles. The third-order valence-electron chi connectivity index (χ3n) is 5.72. The Morgan fingerprint density at radius 3 is 2.61 bits per heavy atom. The first-order chi connectivity index (χ1) is 13.5. The number of rotatable bonds is 4. The van der Waals surface area contributed by atoms with E-state index < -0.39 is 0 Å². The van der Waals surface area contributed by atoms with E-state index in [1.807, 2.05) is 30.1 Å². The molecular formula is C22H27N5O. The summed E-state index contributed by atoms with van der Waals surface area (Å²) in [6.07, 6.45) is 7.28. The molecule has 146 valence electrons. The summed E-state index contributed by atoms with van der Waals surface area (Å²) in [7, 11) is 1.98. The quantitative estimate of drug-likeness (QED) is 0.753. The maximum absolute atomic E-state index is 12.7. The largest absolute Gasteiger partial charge is 0.334 e. The van der Waals surface area contributed by atoms with Crippen molar-refractivity contribution in [1.82, 2.24) is 19.4 Å². The fourth-order valence-electron chi connectivity index (χ4n) is 3.91. The molecule has 3 aromatic rings.